The first kappa shape index (κ1) is 31.1. The van der Waals surface area contributed by atoms with Crippen LogP contribution in [-0.4, -0.2) is 9.97 Å². The van der Waals surface area contributed by atoms with Crippen molar-refractivity contribution in [1.29, 1.82) is 0 Å². The second kappa shape index (κ2) is 12.3. The predicted molar refractivity (Wildman–Crippen MR) is 222 cm³/mol. The van der Waals surface area contributed by atoms with Gasteiger partial charge in [0.15, 0.2) is 5.82 Å². The molecule has 2 nitrogen and oxygen atoms in total. The zero-order chi connectivity index (χ0) is 35.5. The summed E-state index contributed by atoms with van der Waals surface area (Å²) >= 11 is 0. The number of aromatic nitrogens is 2. The summed E-state index contributed by atoms with van der Waals surface area (Å²) in [7, 11) is 0. The highest BCUT2D eigenvalue weighted by atomic mass is 14.9. The van der Waals surface area contributed by atoms with Crippen LogP contribution in [0.4, 0.5) is 0 Å². The molecule has 53 heavy (non-hydrogen) atoms. The molecule has 0 fully saturated rings. The average Bonchev–Trinajstić information content (AvgIpc) is 3.45. The minimum Gasteiger partial charge on any atom is -0.228 e. The van der Waals surface area contributed by atoms with E-state index in [0.717, 1.165) is 28.1 Å². The van der Waals surface area contributed by atoms with Gasteiger partial charge in [-0.25, -0.2) is 9.97 Å². The highest BCUT2D eigenvalue weighted by Gasteiger charge is 2.35. The number of nitrogens with zero attached hydrogens (tertiary/aromatic N) is 2. The first-order valence-corrected chi connectivity index (χ1v) is 18.3. The Hall–Kier alpha value is -6.64. The van der Waals surface area contributed by atoms with Gasteiger partial charge in [0, 0.05) is 22.1 Å². The van der Waals surface area contributed by atoms with Crippen LogP contribution in [0.5, 0.6) is 0 Å². The largest absolute Gasteiger partial charge is 0.228 e. The Bertz CT molecular complexity index is 2850. The quantitative estimate of drug-likeness (QED) is 0.181. The maximum Gasteiger partial charge on any atom is 0.160 e. The van der Waals surface area contributed by atoms with Crippen molar-refractivity contribution < 1.29 is 0 Å². The van der Waals surface area contributed by atoms with Gasteiger partial charge in [-0.05, 0) is 102 Å². The van der Waals surface area contributed by atoms with E-state index in [2.05, 4.69) is 178 Å². The van der Waals surface area contributed by atoms with E-state index >= 15 is 0 Å². The molecule has 0 aliphatic heterocycles. The lowest BCUT2D eigenvalue weighted by atomic mass is 9.81. The molecule has 250 valence electrons. The summed E-state index contributed by atoms with van der Waals surface area (Å²) in [5.41, 5.74) is 15.2. The third-order valence-corrected chi connectivity index (χ3v) is 11.1. The number of fused-ring (bicyclic) bond motifs is 5. The number of hydrogen-bond donors (Lipinski definition) is 0. The molecule has 0 radical (unpaired) electrons. The molecule has 8 aromatic carbocycles. The molecular formula is C51H36N2. The summed E-state index contributed by atoms with van der Waals surface area (Å²) in [4.78, 5) is 10.4. The fraction of sp³-hybridized carbons (Fsp3) is 0.0588. The third kappa shape index (κ3) is 5.34. The van der Waals surface area contributed by atoms with Crippen LogP contribution in [0.2, 0.25) is 0 Å². The van der Waals surface area contributed by atoms with Crippen LogP contribution in [0, 0.1) is 0 Å². The smallest absolute Gasteiger partial charge is 0.160 e. The van der Waals surface area contributed by atoms with Crippen LogP contribution in [0.25, 0.3) is 88.8 Å². The fourth-order valence-electron chi connectivity index (χ4n) is 8.24. The summed E-state index contributed by atoms with van der Waals surface area (Å²) < 4.78 is 0. The lowest BCUT2D eigenvalue weighted by Gasteiger charge is -2.22. The van der Waals surface area contributed by atoms with Crippen molar-refractivity contribution in [3.8, 4) is 67.3 Å². The molecule has 1 heterocycles. The molecule has 0 bridgehead atoms. The van der Waals surface area contributed by atoms with Gasteiger partial charge in [-0.2, -0.15) is 0 Å². The zero-order valence-corrected chi connectivity index (χ0v) is 29.7. The van der Waals surface area contributed by atoms with Crippen LogP contribution in [0.3, 0.4) is 0 Å². The Balaban J connectivity index is 1.08. The van der Waals surface area contributed by atoms with Gasteiger partial charge in [0.25, 0.3) is 0 Å². The zero-order valence-electron chi connectivity index (χ0n) is 29.7. The highest BCUT2D eigenvalue weighted by molar-refractivity contribution is 6.00. The van der Waals surface area contributed by atoms with Gasteiger partial charge in [-0.1, -0.05) is 159 Å². The Morgan fingerprint density at radius 3 is 1.74 bits per heavy atom. The molecule has 1 aliphatic carbocycles. The lowest BCUT2D eigenvalue weighted by molar-refractivity contribution is 0.660. The standard InChI is InChI=1S/C51H36N2/c1-51(2)46-20-12-11-19-43(46)44-26-25-38(31-47(44)51)36-21-22-37-28-40(24-23-35(37)27-36)48-32-49(53-50(52-48)34-15-7-4-8-16-34)45-30-41(33-13-5-3-6-14-33)29-39-17-9-10-18-42(39)45/h3-32H,1-2H3. The molecule has 1 aromatic heterocycles. The topological polar surface area (TPSA) is 25.8 Å². The molecule has 0 unspecified atom stereocenters. The van der Waals surface area contributed by atoms with Crippen molar-refractivity contribution in [2.24, 2.45) is 0 Å². The van der Waals surface area contributed by atoms with Crippen molar-refractivity contribution in [2.45, 2.75) is 19.3 Å². The van der Waals surface area contributed by atoms with Gasteiger partial charge >= 0.3 is 0 Å². The Morgan fingerprint density at radius 2 is 0.925 bits per heavy atom. The molecule has 1 aliphatic rings. The third-order valence-electron chi connectivity index (χ3n) is 11.1. The van der Waals surface area contributed by atoms with E-state index in [9.17, 15) is 0 Å². The number of hydrogen-bond acceptors (Lipinski definition) is 2. The summed E-state index contributed by atoms with van der Waals surface area (Å²) in [5, 5.41) is 4.73. The lowest BCUT2D eigenvalue weighted by Crippen LogP contribution is -2.14. The van der Waals surface area contributed by atoms with Crippen molar-refractivity contribution >= 4 is 21.5 Å². The average molecular weight is 677 g/mol. The normalized spacial score (nSPS) is 12.9. The minimum absolute atomic E-state index is 0.0299. The van der Waals surface area contributed by atoms with E-state index in [4.69, 9.17) is 9.97 Å². The molecule has 0 spiro atoms. The molecular weight excluding hydrogens is 641 g/mol. The second-order valence-corrected chi connectivity index (χ2v) is 14.6. The number of benzene rings is 8. The summed E-state index contributed by atoms with van der Waals surface area (Å²) in [5.74, 6) is 0.712. The Morgan fingerprint density at radius 1 is 0.340 bits per heavy atom. The van der Waals surface area contributed by atoms with Crippen LogP contribution < -0.4 is 0 Å². The minimum atomic E-state index is -0.0299. The van der Waals surface area contributed by atoms with E-state index in [-0.39, 0.29) is 5.41 Å². The molecule has 10 rings (SSSR count). The van der Waals surface area contributed by atoms with Crippen LogP contribution in [0.15, 0.2) is 182 Å². The molecule has 0 atom stereocenters. The van der Waals surface area contributed by atoms with Crippen LogP contribution >= 0.6 is 0 Å². The van der Waals surface area contributed by atoms with Gasteiger partial charge in [-0.15, -0.1) is 0 Å². The summed E-state index contributed by atoms with van der Waals surface area (Å²) in [6, 6.07) is 65.5. The second-order valence-electron chi connectivity index (χ2n) is 14.6. The SMILES string of the molecule is CC1(C)c2ccccc2-c2ccc(-c3ccc4cc(-c5cc(-c6cc(-c7ccccc7)cc7ccccc67)nc(-c6ccccc6)n5)ccc4c3)cc21. The van der Waals surface area contributed by atoms with Gasteiger partial charge in [-0.3, -0.25) is 0 Å². The van der Waals surface area contributed by atoms with Crippen molar-refractivity contribution in [3.63, 3.8) is 0 Å². The van der Waals surface area contributed by atoms with Gasteiger partial charge in [0.05, 0.1) is 11.4 Å². The Labute approximate surface area is 310 Å². The predicted octanol–water partition coefficient (Wildman–Crippen LogP) is 13.4. The van der Waals surface area contributed by atoms with Crippen LogP contribution in [0.1, 0.15) is 25.0 Å². The van der Waals surface area contributed by atoms with Crippen LogP contribution in [-0.2, 0) is 5.41 Å². The molecule has 0 N–H and O–H groups in total. The molecule has 9 aromatic rings. The fourth-order valence-corrected chi connectivity index (χ4v) is 8.24. The molecule has 0 amide bonds. The van der Waals surface area contributed by atoms with Crippen molar-refractivity contribution in [2.75, 3.05) is 0 Å². The van der Waals surface area contributed by atoms with Gasteiger partial charge in [0.2, 0.25) is 0 Å². The molecule has 0 saturated heterocycles. The maximum absolute atomic E-state index is 5.23. The van der Waals surface area contributed by atoms with E-state index < -0.39 is 0 Å². The van der Waals surface area contributed by atoms with E-state index in [1.165, 1.54) is 66.1 Å². The van der Waals surface area contributed by atoms with E-state index in [1.807, 2.05) is 18.2 Å². The molecule has 2 heteroatoms. The van der Waals surface area contributed by atoms with Gasteiger partial charge < -0.3 is 0 Å². The first-order valence-electron chi connectivity index (χ1n) is 18.3. The monoisotopic (exact) mass is 676 g/mol. The van der Waals surface area contributed by atoms with E-state index in [0.29, 0.717) is 5.82 Å². The molecule has 0 saturated carbocycles. The first-order chi connectivity index (χ1) is 26.0. The number of rotatable bonds is 5. The maximum atomic E-state index is 5.23. The Kier molecular flexibility index (Phi) is 7.19. The summed E-state index contributed by atoms with van der Waals surface area (Å²) in [6.45, 7) is 4.68. The van der Waals surface area contributed by atoms with Crippen molar-refractivity contribution in [3.05, 3.63) is 193 Å². The van der Waals surface area contributed by atoms with Crippen molar-refractivity contribution in [1.82, 2.24) is 9.97 Å². The van der Waals surface area contributed by atoms with Gasteiger partial charge in [0.1, 0.15) is 0 Å². The highest BCUT2D eigenvalue weighted by Crippen LogP contribution is 2.49. The summed E-state index contributed by atoms with van der Waals surface area (Å²) in [6.07, 6.45) is 0. The van der Waals surface area contributed by atoms with E-state index in [1.54, 1.807) is 0 Å².